The minimum atomic E-state index is 0.779. The molecule has 0 atom stereocenters. The highest BCUT2D eigenvalue weighted by atomic mass is 35.5. The molecule has 3 nitrogen and oxygen atoms in total. The molecule has 0 unspecified atom stereocenters. The van der Waals surface area contributed by atoms with E-state index in [0.717, 1.165) is 41.5 Å². The molecule has 0 aliphatic carbocycles. The van der Waals surface area contributed by atoms with Crippen molar-refractivity contribution in [1.29, 1.82) is 0 Å². The zero-order valence-electron chi connectivity index (χ0n) is 11.0. The summed E-state index contributed by atoms with van der Waals surface area (Å²) in [5.41, 5.74) is 2.08. The van der Waals surface area contributed by atoms with E-state index in [1.807, 2.05) is 26.1 Å². The quantitative estimate of drug-likeness (QED) is 0.792. The third-order valence-electron chi connectivity index (χ3n) is 2.79. The van der Waals surface area contributed by atoms with Gasteiger partial charge in [0.05, 0.1) is 12.8 Å². The molecule has 17 heavy (non-hydrogen) atoms. The summed E-state index contributed by atoms with van der Waals surface area (Å²) in [6.45, 7) is 3.96. The van der Waals surface area contributed by atoms with Gasteiger partial charge in [-0.1, -0.05) is 11.6 Å². The van der Waals surface area contributed by atoms with Crippen LogP contribution in [0.5, 0.6) is 5.75 Å². The second kappa shape index (κ2) is 6.72. The van der Waals surface area contributed by atoms with Gasteiger partial charge < -0.3 is 15.0 Å². The molecule has 0 fully saturated rings. The maximum Gasteiger partial charge on any atom is 0.142 e. The van der Waals surface area contributed by atoms with Crippen LogP contribution in [0, 0.1) is 6.92 Å². The second-order valence-corrected chi connectivity index (χ2v) is 4.56. The number of benzene rings is 1. The molecule has 1 N–H and O–H groups in total. The number of halogens is 1. The number of hydrogen-bond donors (Lipinski definition) is 1. The SMILES string of the molecule is CNCCCN(C)c1cc(Cl)c(C)cc1OC. The van der Waals surface area contributed by atoms with E-state index in [0.29, 0.717) is 0 Å². The Balaban J connectivity index is 2.84. The molecule has 0 aromatic heterocycles. The monoisotopic (exact) mass is 256 g/mol. The fraction of sp³-hybridized carbons (Fsp3) is 0.538. The average molecular weight is 257 g/mol. The van der Waals surface area contributed by atoms with E-state index in [1.165, 1.54) is 0 Å². The Labute approximate surface area is 109 Å². The first-order valence-corrected chi connectivity index (χ1v) is 6.17. The summed E-state index contributed by atoms with van der Waals surface area (Å²) in [5.74, 6) is 0.874. The van der Waals surface area contributed by atoms with Crippen molar-refractivity contribution >= 4 is 17.3 Å². The van der Waals surface area contributed by atoms with Crippen LogP contribution in [0.1, 0.15) is 12.0 Å². The first-order valence-electron chi connectivity index (χ1n) is 5.80. The lowest BCUT2D eigenvalue weighted by Gasteiger charge is -2.22. The van der Waals surface area contributed by atoms with Crippen molar-refractivity contribution in [3.05, 3.63) is 22.7 Å². The lowest BCUT2D eigenvalue weighted by atomic mass is 10.2. The summed E-state index contributed by atoms with van der Waals surface area (Å²) in [4.78, 5) is 2.17. The maximum absolute atomic E-state index is 6.15. The largest absolute Gasteiger partial charge is 0.495 e. The van der Waals surface area contributed by atoms with Crippen LogP contribution in [-0.4, -0.2) is 34.3 Å². The minimum Gasteiger partial charge on any atom is -0.495 e. The third kappa shape index (κ3) is 3.79. The van der Waals surface area contributed by atoms with Gasteiger partial charge >= 0.3 is 0 Å². The van der Waals surface area contributed by atoms with E-state index in [1.54, 1.807) is 7.11 Å². The van der Waals surface area contributed by atoms with Crippen molar-refractivity contribution in [3.63, 3.8) is 0 Å². The number of nitrogens with zero attached hydrogens (tertiary/aromatic N) is 1. The number of hydrogen-bond acceptors (Lipinski definition) is 3. The zero-order valence-corrected chi connectivity index (χ0v) is 11.8. The molecule has 4 heteroatoms. The lowest BCUT2D eigenvalue weighted by molar-refractivity contribution is 0.414. The van der Waals surface area contributed by atoms with Gasteiger partial charge in [-0.3, -0.25) is 0 Å². The molecule has 0 heterocycles. The number of aryl methyl sites for hydroxylation is 1. The predicted molar refractivity (Wildman–Crippen MR) is 74.6 cm³/mol. The van der Waals surface area contributed by atoms with Crippen LogP contribution in [0.4, 0.5) is 5.69 Å². The summed E-state index contributed by atoms with van der Waals surface area (Å²) in [6, 6.07) is 3.95. The topological polar surface area (TPSA) is 24.5 Å². The van der Waals surface area contributed by atoms with Crippen molar-refractivity contribution in [3.8, 4) is 5.75 Å². The van der Waals surface area contributed by atoms with E-state index in [2.05, 4.69) is 17.3 Å². The van der Waals surface area contributed by atoms with Crippen LogP contribution in [0.25, 0.3) is 0 Å². The van der Waals surface area contributed by atoms with Crippen LogP contribution in [-0.2, 0) is 0 Å². The summed E-state index contributed by atoms with van der Waals surface area (Å²) in [5, 5.41) is 3.92. The Bertz CT molecular complexity index is 369. The Morgan fingerprint density at radius 3 is 2.71 bits per heavy atom. The molecule has 0 radical (unpaired) electrons. The highest BCUT2D eigenvalue weighted by Crippen LogP contribution is 2.33. The van der Waals surface area contributed by atoms with Crippen molar-refractivity contribution < 1.29 is 4.74 Å². The van der Waals surface area contributed by atoms with E-state index in [9.17, 15) is 0 Å². The van der Waals surface area contributed by atoms with Crippen molar-refractivity contribution in [1.82, 2.24) is 5.32 Å². The predicted octanol–water partition coefficient (Wildman–Crippen LogP) is 2.70. The Kier molecular flexibility index (Phi) is 5.59. The molecule has 96 valence electrons. The highest BCUT2D eigenvalue weighted by Gasteiger charge is 2.10. The Hall–Kier alpha value is -0.930. The van der Waals surface area contributed by atoms with Gasteiger partial charge in [0.25, 0.3) is 0 Å². The summed E-state index contributed by atoms with van der Waals surface area (Å²) in [7, 11) is 5.70. The van der Waals surface area contributed by atoms with E-state index < -0.39 is 0 Å². The molecule has 1 aromatic carbocycles. The van der Waals surface area contributed by atoms with Gasteiger partial charge in [-0.05, 0) is 44.6 Å². The average Bonchev–Trinajstić information content (AvgIpc) is 2.32. The molecule has 0 bridgehead atoms. The van der Waals surface area contributed by atoms with Crippen molar-refractivity contribution in [2.24, 2.45) is 0 Å². The molecule has 1 rings (SSSR count). The van der Waals surface area contributed by atoms with Crippen LogP contribution in [0.2, 0.25) is 5.02 Å². The van der Waals surface area contributed by atoms with E-state index >= 15 is 0 Å². The molecule has 1 aromatic rings. The molecule has 0 aliphatic rings. The van der Waals surface area contributed by atoms with Crippen molar-refractivity contribution in [2.45, 2.75) is 13.3 Å². The fourth-order valence-electron chi connectivity index (χ4n) is 1.72. The molecule has 0 saturated carbocycles. The van der Waals surface area contributed by atoms with Crippen LogP contribution in [0.15, 0.2) is 12.1 Å². The lowest BCUT2D eigenvalue weighted by Crippen LogP contribution is -2.22. The van der Waals surface area contributed by atoms with Crippen LogP contribution >= 0.6 is 11.6 Å². The standard InChI is InChI=1S/C13H21ClN2O/c1-10-8-13(17-4)12(9-11(10)14)16(3)7-5-6-15-2/h8-9,15H,5-7H2,1-4H3. The number of ether oxygens (including phenoxy) is 1. The van der Waals surface area contributed by atoms with Crippen LogP contribution < -0.4 is 15.0 Å². The number of nitrogens with one attached hydrogen (secondary N) is 1. The number of anilines is 1. The highest BCUT2D eigenvalue weighted by molar-refractivity contribution is 6.31. The Morgan fingerprint density at radius 1 is 1.41 bits per heavy atom. The van der Waals surface area contributed by atoms with Gasteiger partial charge in [0.1, 0.15) is 5.75 Å². The molecule has 0 amide bonds. The maximum atomic E-state index is 6.15. The van der Waals surface area contributed by atoms with Gasteiger partial charge in [0.15, 0.2) is 0 Å². The zero-order chi connectivity index (χ0) is 12.8. The Morgan fingerprint density at radius 2 is 2.12 bits per heavy atom. The van der Waals surface area contributed by atoms with Crippen molar-refractivity contribution in [2.75, 3.05) is 39.2 Å². The molecular formula is C13H21ClN2O. The third-order valence-corrected chi connectivity index (χ3v) is 3.20. The van der Waals surface area contributed by atoms with E-state index in [-0.39, 0.29) is 0 Å². The fourth-order valence-corrected chi connectivity index (χ4v) is 1.88. The summed E-state index contributed by atoms with van der Waals surface area (Å²) in [6.07, 6.45) is 1.08. The summed E-state index contributed by atoms with van der Waals surface area (Å²) < 4.78 is 5.39. The first-order chi connectivity index (χ1) is 8.10. The smallest absolute Gasteiger partial charge is 0.142 e. The minimum absolute atomic E-state index is 0.779. The molecule has 0 saturated heterocycles. The normalized spacial score (nSPS) is 10.4. The van der Waals surface area contributed by atoms with Gasteiger partial charge in [-0.2, -0.15) is 0 Å². The van der Waals surface area contributed by atoms with E-state index in [4.69, 9.17) is 16.3 Å². The van der Waals surface area contributed by atoms with Crippen LogP contribution in [0.3, 0.4) is 0 Å². The van der Waals surface area contributed by atoms with Gasteiger partial charge in [-0.25, -0.2) is 0 Å². The van der Waals surface area contributed by atoms with Gasteiger partial charge in [-0.15, -0.1) is 0 Å². The molecule has 0 spiro atoms. The number of methoxy groups -OCH3 is 1. The number of rotatable bonds is 6. The summed E-state index contributed by atoms with van der Waals surface area (Å²) >= 11 is 6.15. The molecular weight excluding hydrogens is 236 g/mol. The van der Waals surface area contributed by atoms with Gasteiger partial charge in [0, 0.05) is 18.6 Å². The second-order valence-electron chi connectivity index (χ2n) is 4.15. The molecule has 0 aliphatic heterocycles. The van der Waals surface area contributed by atoms with Gasteiger partial charge in [0.2, 0.25) is 0 Å². The first kappa shape index (κ1) is 14.1.